The highest BCUT2D eigenvalue weighted by Gasteiger charge is 2.15. The van der Waals surface area contributed by atoms with E-state index in [-0.39, 0.29) is 6.10 Å². The molecule has 4 rings (SSSR count). The Labute approximate surface area is 146 Å². The van der Waals surface area contributed by atoms with Crippen molar-refractivity contribution >= 4 is 16.7 Å². The molecule has 1 atom stereocenters. The average molecular weight is 335 g/mol. The molecule has 3 heterocycles. The molecular weight excluding hydrogens is 314 g/mol. The Morgan fingerprint density at radius 2 is 2.16 bits per heavy atom. The van der Waals surface area contributed by atoms with Gasteiger partial charge in [0.1, 0.15) is 6.10 Å². The van der Waals surface area contributed by atoms with Gasteiger partial charge in [0.05, 0.1) is 5.52 Å². The number of amidine groups is 1. The monoisotopic (exact) mass is 335 g/mol. The van der Waals surface area contributed by atoms with Crippen LogP contribution in [-0.4, -0.2) is 34.6 Å². The summed E-state index contributed by atoms with van der Waals surface area (Å²) in [5.41, 5.74) is 9.28. The Hall–Kier alpha value is -2.86. The van der Waals surface area contributed by atoms with E-state index < -0.39 is 0 Å². The van der Waals surface area contributed by atoms with E-state index in [0.29, 0.717) is 5.84 Å². The fraction of sp³-hybridized carbons (Fsp3) is 0.263. The molecule has 6 heteroatoms. The van der Waals surface area contributed by atoms with Gasteiger partial charge in [-0.25, -0.2) is 0 Å². The number of aromatic nitrogens is 2. The van der Waals surface area contributed by atoms with Crippen molar-refractivity contribution in [3.63, 3.8) is 0 Å². The first-order valence-corrected chi connectivity index (χ1v) is 8.48. The minimum Gasteiger partial charge on any atom is -0.389 e. The number of benzene rings is 1. The van der Waals surface area contributed by atoms with E-state index in [0.717, 1.165) is 37.0 Å². The van der Waals surface area contributed by atoms with Gasteiger partial charge in [0.2, 0.25) is 0 Å². The molecule has 0 spiro atoms. The Balaban J connectivity index is 1.45. The molecule has 0 amide bonds. The van der Waals surface area contributed by atoms with Crippen LogP contribution >= 0.6 is 0 Å². The Morgan fingerprint density at radius 3 is 2.96 bits per heavy atom. The molecule has 1 aliphatic heterocycles. The molecule has 1 unspecified atom stereocenters. The number of nitrogens with one attached hydrogen (secondary N) is 1. The first-order valence-electron chi connectivity index (χ1n) is 8.48. The summed E-state index contributed by atoms with van der Waals surface area (Å²) in [6, 6.07) is 12.2. The second kappa shape index (κ2) is 6.94. The van der Waals surface area contributed by atoms with Gasteiger partial charge < -0.3 is 20.5 Å². The van der Waals surface area contributed by atoms with Crippen LogP contribution in [0.2, 0.25) is 0 Å². The zero-order chi connectivity index (χ0) is 17.1. The fourth-order valence-corrected chi connectivity index (χ4v) is 3.06. The molecule has 2 aromatic heterocycles. The lowest BCUT2D eigenvalue weighted by Crippen LogP contribution is -2.19. The SMILES string of the molecule is N/C(=N\OC1CCNC1)c1ccc(Cn2ccc3cnccc32)cc1. The first kappa shape index (κ1) is 15.7. The number of rotatable bonds is 5. The second-order valence-corrected chi connectivity index (χ2v) is 6.27. The van der Waals surface area contributed by atoms with Gasteiger partial charge >= 0.3 is 0 Å². The summed E-state index contributed by atoms with van der Waals surface area (Å²) in [5.74, 6) is 0.413. The molecule has 3 N–H and O–H groups in total. The van der Waals surface area contributed by atoms with Gasteiger partial charge in [-0.3, -0.25) is 4.98 Å². The summed E-state index contributed by atoms with van der Waals surface area (Å²) in [4.78, 5) is 9.63. The largest absolute Gasteiger partial charge is 0.389 e. The van der Waals surface area contributed by atoms with Crippen molar-refractivity contribution in [3.05, 3.63) is 66.1 Å². The highest BCUT2D eigenvalue weighted by molar-refractivity contribution is 5.97. The van der Waals surface area contributed by atoms with Crippen molar-refractivity contribution in [2.45, 2.75) is 19.1 Å². The molecular formula is C19H21N5O. The molecule has 0 aliphatic carbocycles. The van der Waals surface area contributed by atoms with Crippen LogP contribution in [0.15, 0.2) is 60.1 Å². The van der Waals surface area contributed by atoms with E-state index in [9.17, 15) is 0 Å². The zero-order valence-corrected chi connectivity index (χ0v) is 13.9. The molecule has 25 heavy (non-hydrogen) atoms. The van der Waals surface area contributed by atoms with Gasteiger partial charge in [0, 0.05) is 49.1 Å². The molecule has 3 aromatic rings. The molecule has 1 fully saturated rings. The number of nitrogens with zero attached hydrogens (tertiary/aromatic N) is 3. The van der Waals surface area contributed by atoms with E-state index in [1.807, 2.05) is 30.6 Å². The minimum atomic E-state index is 0.120. The predicted octanol–water partition coefficient (Wildman–Crippen LogP) is 2.08. The van der Waals surface area contributed by atoms with Gasteiger partial charge in [0.25, 0.3) is 0 Å². The van der Waals surface area contributed by atoms with Crippen LogP contribution in [0.3, 0.4) is 0 Å². The Kier molecular flexibility index (Phi) is 4.35. The first-order chi connectivity index (χ1) is 12.3. The maximum atomic E-state index is 6.03. The highest BCUT2D eigenvalue weighted by Crippen LogP contribution is 2.16. The van der Waals surface area contributed by atoms with Crippen LogP contribution in [0.1, 0.15) is 17.5 Å². The van der Waals surface area contributed by atoms with Gasteiger partial charge in [-0.05, 0) is 24.2 Å². The number of nitrogens with two attached hydrogens (primary N) is 1. The zero-order valence-electron chi connectivity index (χ0n) is 13.9. The summed E-state index contributed by atoms with van der Waals surface area (Å²) in [6.45, 7) is 2.60. The Morgan fingerprint density at radius 1 is 1.28 bits per heavy atom. The van der Waals surface area contributed by atoms with Crippen LogP contribution in [0.4, 0.5) is 0 Å². The normalized spacial score (nSPS) is 17.9. The minimum absolute atomic E-state index is 0.120. The van der Waals surface area contributed by atoms with E-state index in [4.69, 9.17) is 10.6 Å². The van der Waals surface area contributed by atoms with Gasteiger partial charge in [0.15, 0.2) is 5.84 Å². The van der Waals surface area contributed by atoms with E-state index >= 15 is 0 Å². The van der Waals surface area contributed by atoms with Crippen LogP contribution in [0.25, 0.3) is 10.9 Å². The topological polar surface area (TPSA) is 77.5 Å². The smallest absolute Gasteiger partial charge is 0.170 e. The summed E-state index contributed by atoms with van der Waals surface area (Å²) in [7, 11) is 0. The van der Waals surface area contributed by atoms with Crippen LogP contribution in [0.5, 0.6) is 0 Å². The van der Waals surface area contributed by atoms with E-state index in [2.05, 4.69) is 44.4 Å². The third-order valence-electron chi connectivity index (χ3n) is 4.49. The molecule has 1 saturated heterocycles. The standard InChI is InChI=1S/C19H21N5O/c20-19(23-25-17-5-8-22-12-17)15-3-1-14(2-4-15)13-24-10-7-16-11-21-9-6-18(16)24/h1-4,6-7,9-11,17,22H,5,8,12-13H2,(H2,20,23). The second-order valence-electron chi connectivity index (χ2n) is 6.27. The van der Waals surface area contributed by atoms with Crippen LogP contribution < -0.4 is 11.1 Å². The lowest BCUT2D eigenvalue weighted by molar-refractivity contribution is 0.0734. The number of oxime groups is 1. The van der Waals surface area contributed by atoms with Gasteiger partial charge in [-0.2, -0.15) is 0 Å². The fourth-order valence-electron chi connectivity index (χ4n) is 3.06. The lowest BCUT2D eigenvalue weighted by Gasteiger charge is -2.09. The third-order valence-corrected chi connectivity index (χ3v) is 4.49. The highest BCUT2D eigenvalue weighted by atomic mass is 16.6. The molecule has 1 aromatic carbocycles. The van der Waals surface area contributed by atoms with Crippen molar-refractivity contribution in [2.24, 2.45) is 10.9 Å². The maximum Gasteiger partial charge on any atom is 0.170 e. The number of hydrogen-bond acceptors (Lipinski definition) is 4. The van der Waals surface area contributed by atoms with Crippen molar-refractivity contribution in [1.82, 2.24) is 14.9 Å². The predicted molar refractivity (Wildman–Crippen MR) is 98.4 cm³/mol. The van der Waals surface area contributed by atoms with Crippen LogP contribution in [0, 0.1) is 0 Å². The number of pyridine rings is 1. The summed E-state index contributed by atoms with van der Waals surface area (Å²) < 4.78 is 2.21. The van der Waals surface area contributed by atoms with Crippen LogP contribution in [-0.2, 0) is 11.4 Å². The molecule has 0 bridgehead atoms. The van der Waals surface area contributed by atoms with Gasteiger partial charge in [-0.1, -0.05) is 29.4 Å². The average Bonchev–Trinajstić information content (AvgIpc) is 3.31. The molecule has 1 aliphatic rings. The van der Waals surface area contributed by atoms with Crippen molar-refractivity contribution in [3.8, 4) is 0 Å². The number of hydrogen-bond donors (Lipinski definition) is 2. The van der Waals surface area contributed by atoms with Crippen molar-refractivity contribution in [2.75, 3.05) is 13.1 Å². The van der Waals surface area contributed by atoms with Gasteiger partial charge in [-0.15, -0.1) is 0 Å². The van der Waals surface area contributed by atoms with Crippen molar-refractivity contribution < 1.29 is 4.84 Å². The summed E-state index contributed by atoms with van der Waals surface area (Å²) in [5, 5.41) is 8.45. The maximum absolute atomic E-state index is 6.03. The lowest BCUT2D eigenvalue weighted by atomic mass is 10.1. The van der Waals surface area contributed by atoms with E-state index in [1.165, 1.54) is 11.1 Å². The molecule has 0 radical (unpaired) electrons. The summed E-state index contributed by atoms with van der Waals surface area (Å²) in [6.07, 6.45) is 6.87. The quantitative estimate of drug-likeness (QED) is 0.425. The number of fused-ring (bicyclic) bond motifs is 1. The Bertz CT molecular complexity index is 878. The molecule has 0 saturated carbocycles. The molecule has 6 nitrogen and oxygen atoms in total. The molecule has 128 valence electrons. The summed E-state index contributed by atoms with van der Waals surface area (Å²) >= 11 is 0. The van der Waals surface area contributed by atoms with E-state index in [1.54, 1.807) is 0 Å². The third kappa shape index (κ3) is 3.49. The van der Waals surface area contributed by atoms with Crippen molar-refractivity contribution in [1.29, 1.82) is 0 Å².